The number of halogens is 1. The SMILES string of the molecule is CC(=O)c1cccc(NC(=O)c2ccc(Br)cc2)c1. The summed E-state index contributed by atoms with van der Waals surface area (Å²) in [6, 6.07) is 14.0. The van der Waals surface area contributed by atoms with Gasteiger partial charge in [0.15, 0.2) is 5.78 Å². The molecule has 0 aliphatic carbocycles. The number of benzene rings is 2. The van der Waals surface area contributed by atoms with Crippen LogP contribution < -0.4 is 5.32 Å². The number of anilines is 1. The molecule has 0 aliphatic rings. The predicted molar refractivity (Wildman–Crippen MR) is 78.5 cm³/mol. The molecule has 0 heterocycles. The largest absolute Gasteiger partial charge is 0.322 e. The molecule has 4 heteroatoms. The Balaban J connectivity index is 2.17. The van der Waals surface area contributed by atoms with E-state index in [0.29, 0.717) is 16.8 Å². The van der Waals surface area contributed by atoms with Crippen LogP contribution in [0.15, 0.2) is 53.0 Å². The van der Waals surface area contributed by atoms with Crippen LogP contribution in [0.25, 0.3) is 0 Å². The Morgan fingerprint density at radius 3 is 2.32 bits per heavy atom. The number of rotatable bonds is 3. The van der Waals surface area contributed by atoms with Crippen molar-refractivity contribution in [3.05, 3.63) is 64.1 Å². The molecule has 0 aliphatic heterocycles. The molecule has 0 bridgehead atoms. The number of amides is 1. The number of hydrogen-bond donors (Lipinski definition) is 1. The molecule has 0 radical (unpaired) electrons. The van der Waals surface area contributed by atoms with Gasteiger partial charge in [0.1, 0.15) is 0 Å². The minimum absolute atomic E-state index is 0.0280. The van der Waals surface area contributed by atoms with Gasteiger partial charge >= 0.3 is 0 Å². The normalized spacial score (nSPS) is 10.0. The molecule has 0 saturated carbocycles. The van der Waals surface area contributed by atoms with Gasteiger partial charge in [0, 0.05) is 21.3 Å². The van der Waals surface area contributed by atoms with Crippen LogP contribution >= 0.6 is 15.9 Å². The maximum absolute atomic E-state index is 12.0. The third-order valence-electron chi connectivity index (χ3n) is 2.63. The van der Waals surface area contributed by atoms with Crippen LogP contribution in [0, 0.1) is 0 Å². The van der Waals surface area contributed by atoms with E-state index in [1.54, 1.807) is 48.5 Å². The summed E-state index contributed by atoms with van der Waals surface area (Å²) in [5, 5.41) is 2.77. The molecule has 1 N–H and O–H groups in total. The van der Waals surface area contributed by atoms with E-state index in [-0.39, 0.29) is 11.7 Å². The second kappa shape index (κ2) is 5.80. The van der Waals surface area contributed by atoms with E-state index < -0.39 is 0 Å². The number of Topliss-reactive ketones (excluding diaryl/α,β-unsaturated/α-hetero) is 1. The lowest BCUT2D eigenvalue weighted by Gasteiger charge is -2.06. The van der Waals surface area contributed by atoms with Gasteiger partial charge in [-0.25, -0.2) is 0 Å². The Labute approximate surface area is 119 Å². The average molecular weight is 318 g/mol. The maximum Gasteiger partial charge on any atom is 0.255 e. The van der Waals surface area contributed by atoms with Gasteiger partial charge < -0.3 is 5.32 Å². The van der Waals surface area contributed by atoms with Crippen LogP contribution in [0.2, 0.25) is 0 Å². The molecule has 0 fully saturated rings. The lowest BCUT2D eigenvalue weighted by Crippen LogP contribution is -2.12. The molecule has 2 rings (SSSR count). The third kappa shape index (κ3) is 3.51. The molecular formula is C15H12BrNO2. The van der Waals surface area contributed by atoms with Crippen LogP contribution in [-0.4, -0.2) is 11.7 Å². The Bertz CT molecular complexity index is 620. The third-order valence-corrected chi connectivity index (χ3v) is 3.16. The number of nitrogens with one attached hydrogen (secondary N) is 1. The van der Waals surface area contributed by atoms with Crippen molar-refractivity contribution in [1.82, 2.24) is 0 Å². The first-order valence-corrected chi connectivity index (χ1v) is 6.53. The van der Waals surface area contributed by atoms with Crippen LogP contribution in [0.4, 0.5) is 5.69 Å². The molecule has 0 aromatic heterocycles. The zero-order valence-corrected chi connectivity index (χ0v) is 11.9. The zero-order chi connectivity index (χ0) is 13.8. The standard InChI is InChI=1S/C15H12BrNO2/c1-10(18)12-3-2-4-14(9-12)17-15(19)11-5-7-13(16)8-6-11/h2-9H,1H3,(H,17,19). The van der Waals surface area contributed by atoms with Crippen LogP contribution in [-0.2, 0) is 0 Å². The smallest absolute Gasteiger partial charge is 0.255 e. The molecule has 3 nitrogen and oxygen atoms in total. The zero-order valence-electron chi connectivity index (χ0n) is 10.3. The Hall–Kier alpha value is -1.94. The first kappa shape index (κ1) is 13.5. The summed E-state index contributed by atoms with van der Waals surface area (Å²) in [4.78, 5) is 23.3. The molecule has 0 unspecified atom stereocenters. The fourth-order valence-electron chi connectivity index (χ4n) is 1.62. The van der Waals surface area contributed by atoms with E-state index in [0.717, 1.165) is 4.47 Å². The topological polar surface area (TPSA) is 46.2 Å². The van der Waals surface area contributed by atoms with Gasteiger partial charge in [0.2, 0.25) is 0 Å². The summed E-state index contributed by atoms with van der Waals surface area (Å²) in [6.45, 7) is 1.50. The molecular weight excluding hydrogens is 306 g/mol. The monoisotopic (exact) mass is 317 g/mol. The van der Waals surface area contributed by atoms with Crippen LogP contribution in [0.3, 0.4) is 0 Å². The van der Waals surface area contributed by atoms with E-state index in [1.165, 1.54) is 6.92 Å². The van der Waals surface area contributed by atoms with E-state index in [9.17, 15) is 9.59 Å². The molecule has 0 atom stereocenters. The van der Waals surface area contributed by atoms with E-state index >= 15 is 0 Å². The fourth-order valence-corrected chi connectivity index (χ4v) is 1.88. The van der Waals surface area contributed by atoms with Gasteiger partial charge in [-0.1, -0.05) is 28.1 Å². The van der Waals surface area contributed by atoms with Crippen molar-refractivity contribution < 1.29 is 9.59 Å². The van der Waals surface area contributed by atoms with Gasteiger partial charge in [0.25, 0.3) is 5.91 Å². The fraction of sp³-hybridized carbons (Fsp3) is 0.0667. The van der Waals surface area contributed by atoms with Gasteiger partial charge in [-0.2, -0.15) is 0 Å². The summed E-state index contributed by atoms with van der Waals surface area (Å²) in [5.41, 5.74) is 1.76. The van der Waals surface area contributed by atoms with Crippen molar-refractivity contribution >= 4 is 33.3 Å². The molecule has 1 amide bonds. The van der Waals surface area contributed by atoms with Gasteiger partial charge in [-0.05, 0) is 43.3 Å². The molecule has 19 heavy (non-hydrogen) atoms. The van der Waals surface area contributed by atoms with Crippen molar-refractivity contribution in [2.24, 2.45) is 0 Å². The highest BCUT2D eigenvalue weighted by atomic mass is 79.9. The average Bonchev–Trinajstić information content (AvgIpc) is 2.39. The van der Waals surface area contributed by atoms with Crippen molar-refractivity contribution in [2.75, 3.05) is 5.32 Å². The van der Waals surface area contributed by atoms with Gasteiger partial charge in [-0.3, -0.25) is 9.59 Å². The van der Waals surface area contributed by atoms with Crippen LogP contribution in [0.1, 0.15) is 27.6 Å². The number of hydrogen-bond acceptors (Lipinski definition) is 2. The highest BCUT2D eigenvalue weighted by molar-refractivity contribution is 9.10. The van der Waals surface area contributed by atoms with Gasteiger partial charge in [0.05, 0.1) is 0 Å². The van der Waals surface area contributed by atoms with E-state index in [2.05, 4.69) is 21.2 Å². The Kier molecular flexibility index (Phi) is 4.12. The summed E-state index contributed by atoms with van der Waals surface area (Å²) in [6.07, 6.45) is 0. The molecule has 2 aromatic carbocycles. The second-order valence-electron chi connectivity index (χ2n) is 4.10. The first-order chi connectivity index (χ1) is 9.06. The second-order valence-corrected chi connectivity index (χ2v) is 5.01. The molecule has 0 saturated heterocycles. The van der Waals surface area contributed by atoms with Crippen molar-refractivity contribution in [3.8, 4) is 0 Å². The minimum atomic E-state index is -0.201. The first-order valence-electron chi connectivity index (χ1n) is 5.74. The van der Waals surface area contributed by atoms with E-state index in [4.69, 9.17) is 0 Å². The lowest BCUT2D eigenvalue weighted by molar-refractivity contribution is 0.101. The summed E-state index contributed by atoms with van der Waals surface area (Å²) in [5.74, 6) is -0.229. The quantitative estimate of drug-likeness (QED) is 0.872. The van der Waals surface area contributed by atoms with E-state index in [1.807, 2.05) is 0 Å². The van der Waals surface area contributed by atoms with Crippen LogP contribution in [0.5, 0.6) is 0 Å². The highest BCUT2D eigenvalue weighted by Gasteiger charge is 2.07. The Morgan fingerprint density at radius 1 is 1.00 bits per heavy atom. The Morgan fingerprint density at radius 2 is 1.68 bits per heavy atom. The van der Waals surface area contributed by atoms with Gasteiger partial charge in [-0.15, -0.1) is 0 Å². The summed E-state index contributed by atoms with van der Waals surface area (Å²) < 4.78 is 0.919. The minimum Gasteiger partial charge on any atom is -0.322 e. The molecule has 0 spiro atoms. The summed E-state index contributed by atoms with van der Waals surface area (Å²) >= 11 is 3.32. The summed E-state index contributed by atoms with van der Waals surface area (Å²) in [7, 11) is 0. The number of carbonyl (C=O) groups excluding carboxylic acids is 2. The lowest BCUT2D eigenvalue weighted by atomic mass is 10.1. The van der Waals surface area contributed by atoms with Crippen molar-refractivity contribution in [2.45, 2.75) is 6.92 Å². The molecule has 96 valence electrons. The maximum atomic E-state index is 12.0. The number of carbonyl (C=O) groups is 2. The highest BCUT2D eigenvalue weighted by Crippen LogP contribution is 2.14. The van der Waals surface area contributed by atoms with Crippen molar-refractivity contribution in [3.63, 3.8) is 0 Å². The molecule has 2 aromatic rings. The van der Waals surface area contributed by atoms with Crippen molar-refractivity contribution in [1.29, 1.82) is 0 Å². The number of ketones is 1. The predicted octanol–water partition coefficient (Wildman–Crippen LogP) is 3.90.